The summed E-state index contributed by atoms with van der Waals surface area (Å²) in [6, 6.07) is 3.28. The number of hydrogen-bond acceptors (Lipinski definition) is 5. The normalized spacial score (nSPS) is 11.3. The fourth-order valence-corrected chi connectivity index (χ4v) is 2.66. The fraction of sp³-hybridized carbons (Fsp3) is 0.583. The van der Waals surface area contributed by atoms with Crippen LogP contribution < -0.4 is 14.8 Å². The molecular weight excluding hydrogens is 266 g/mol. The van der Waals surface area contributed by atoms with E-state index in [2.05, 4.69) is 15.0 Å². The summed E-state index contributed by atoms with van der Waals surface area (Å²) >= 11 is 0. The van der Waals surface area contributed by atoms with Gasteiger partial charge in [-0.05, 0) is 39.4 Å². The van der Waals surface area contributed by atoms with E-state index in [1.54, 1.807) is 12.1 Å². The van der Waals surface area contributed by atoms with E-state index in [0.717, 1.165) is 13.0 Å². The van der Waals surface area contributed by atoms with Crippen molar-refractivity contribution >= 4 is 15.7 Å². The molecule has 7 heteroatoms. The zero-order chi connectivity index (χ0) is 14.1. The lowest BCUT2D eigenvalue weighted by Crippen LogP contribution is -2.18. The Labute approximate surface area is 114 Å². The van der Waals surface area contributed by atoms with Gasteiger partial charge in [-0.15, -0.1) is 0 Å². The highest BCUT2D eigenvalue weighted by molar-refractivity contribution is 7.92. The zero-order valence-electron chi connectivity index (χ0n) is 11.3. The molecule has 0 saturated carbocycles. The molecule has 0 aliphatic carbocycles. The van der Waals surface area contributed by atoms with Crippen molar-refractivity contribution in [1.82, 2.24) is 10.3 Å². The molecule has 19 heavy (non-hydrogen) atoms. The lowest BCUT2D eigenvalue weighted by Gasteiger charge is -2.08. The summed E-state index contributed by atoms with van der Waals surface area (Å²) in [5.41, 5.74) is 0.456. The van der Waals surface area contributed by atoms with Gasteiger partial charge >= 0.3 is 0 Å². The molecule has 2 N–H and O–H groups in total. The molecule has 0 aliphatic rings. The van der Waals surface area contributed by atoms with Crippen LogP contribution in [0.5, 0.6) is 5.88 Å². The maximum Gasteiger partial charge on any atom is 0.232 e. The summed E-state index contributed by atoms with van der Waals surface area (Å²) in [5.74, 6) is 0.599. The average Bonchev–Trinajstić information content (AvgIpc) is 2.37. The topological polar surface area (TPSA) is 80.3 Å². The van der Waals surface area contributed by atoms with Crippen molar-refractivity contribution in [2.75, 3.05) is 30.7 Å². The van der Waals surface area contributed by atoms with E-state index in [-0.39, 0.29) is 5.75 Å². The van der Waals surface area contributed by atoms with E-state index >= 15 is 0 Å². The largest absolute Gasteiger partial charge is 0.478 e. The van der Waals surface area contributed by atoms with Gasteiger partial charge in [0.2, 0.25) is 15.9 Å². The third kappa shape index (κ3) is 6.40. The van der Waals surface area contributed by atoms with Crippen LogP contribution in [0, 0.1) is 0 Å². The van der Waals surface area contributed by atoms with E-state index in [0.29, 0.717) is 24.6 Å². The van der Waals surface area contributed by atoms with Crippen LogP contribution in [-0.2, 0) is 10.0 Å². The highest BCUT2D eigenvalue weighted by Gasteiger charge is 2.10. The molecule has 0 atom stereocenters. The maximum atomic E-state index is 11.8. The third-order valence-corrected chi connectivity index (χ3v) is 3.76. The third-order valence-electron chi connectivity index (χ3n) is 2.39. The monoisotopic (exact) mass is 287 g/mol. The standard InChI is InChI=1S/C12H21N3O3S/c1-3-18-12-7-6-11(10-14-12)15-19(16,17)9-5-4-8-13-2/h6-7,10,13,15H,3-5,8-9H2,1-2H3. The Hall–Kier alpha value is -1.34. The summed E-state index contributed by atoms with van der Waals surface area (Å²) in [6.45, 7) is 3.22. The molecule has 0 radical (unpaired) electrons. The van der Waals surface area contributed by atoms with Gasteiger partial charge in [-0.2, -0.15) is 0 Å². The number of rotatable bonds is 9. The summed E-state index contributed by atoms with van der Waals surface area (Å²) in [5, 5.41) is 2.98. The van der Waals surface area contributed by atoms with Crippen LogP contribution in [-0.4, -0.2) is 39.4 Å². The van der Waals surface area contributed by atoms with E-state index in [1.807, 2.05) is 14.0 Å². The smallest absolute Gasteiger partial charge is 0.232 e. The molecule has 0 aliphatic heterocycles. The number of hydrogen-bond donors (Lipinski definition) is 2. The molecule has 0 unspecified atom stereocenters. The van der Waals surface area contributed by atoms with Crippen LogP contribution in [0.25, 0.3) is 0 Å². The Morgan fingerprint density at radius 2 is 2.11 bits per heavy atom. The molecular formula is C12H21N3O3S. The molecule has 0 amide bonds. The molecule has 0 bridgehead atoms. The molecule has 108 valence electrons. The first-order valence-electron chi connectivity index (χ1n) is 6.31. The number of sulfonamides is 1. The molecule has 0 spiro atoms. The number of ether oxygens (including phenoxy) is 1. The quantitative estimate of drug-likeness (QED) is 0.668. The minimum Gasteiger partial charge on any atom is -0.478 e. The van der Waals surface area contributed by atoms with Crippen LogP contribution in [0.2, 0.25) is 0 Å². The molecule has 1 aromatic heterocycles. The number of aromatic nitrogens is 1. The number of nitrogens with one attached hydrogen (secondary N) is 2. The summed E-state index contributed by atoms with van der Waals surface area (Å²) in [6.07, 6.45) is 2.91. The van der Waals surface area contributed by atoms with Gasteiger partial charge in [0, 0.05) is 6.07 Å². The Balaban J connectivity index is 2.48. The lowest BCUT2D eigenvalue weighted by atomic mass is 10.3. The predicted molar refractivity (Wildman–Crippen MR) is 76.0 cm³/mol. The first-order valence-corrected chi connectivity index (χ1v) is 7.96. The molecule has 1 rings (SSSR count). The highest BCUT2D eigenvalue weighted by atomic mass is 32.2. The SMILES string of the molecule is CCOc1ccc(NS(=O)(=O)CCCCNC)cn1. The molecule has 0 saturated heterocycles. The average molecular weight is 287 g/mol. The lowest BCUT2D eigenvalue weighted by molar-refractivity contribution is 0.327. The zero-order valence-corrected chi connectivity index (χ0v) is 12.2. The second kappa shape index (κ2) is 7.96. The number of nitrogens with zero attached hydrogens (tertiary/aromatic N) is 1. The van der Waals surface area contributed by atoms with Gasteiger partial charge in [0.25, 0.3) is 0 Å². The Bertz CT molecular complexity index is 460. The van der Waals surface area contributed by atoms with Crippen LogP contribution in [0.3, 0.4) is 0 Å². The Kier molecular flexibility index (Phi) is 6.58. The van der Waals surface area contributed by atoms with Crippen molar-refractivity contribution < 1.29 is 13.2 Å². The summed E-state index contributed by atoms with van der Waals surface area (Å²) in [7, 11) is -1.45. The second-order valence-electron chi connectivity index (χ2n) is 4.05. The Morgan fingerprint density at radius 3 is 2.68 bits per heavy atom. The van der Waals surface area contributed by atoms with Crippen molar-refractivity contribution in [1.29, 1.82) is 0 Å². The van der Waals surface area contributed by atoms with Crippen LogP contribution in [0.15, 0.2) is 18.3 Å². The molecule has 1 aromatic rings. The van der Waals surface area contributed by atoms with Gasteiger partial charge in [-0.25, -0.2) is 13.4 Å². The van der Waals surface area contributed by atoms with Gasteiger partial charge < -0.3 is 10.1 Å². The van der Waals surface area contributed by atoms with Crippen molar-refractivity contribution in [3.8, 4) is 5.88 Å². The second-order valence-corrected chi connectivity index (χ2v) is 5.89. The minimum atomic E-state index is -3.30. The number of anilines is 1. The van der Waals surface area contributed by atoms with Gasteiger partial charge in [0.15, 0.2) is 0 Å². The van der Waals surface area contributed by atoms with Gasteiger partial charge in [-0.3, -0.25) is 4.72 Å². The van der Waals surface area contributed by atoms with Crippen LogP contribution in [0.1, 0.15) is 19.8 Å². The van der Waals surface area contributed by atoms with E-state index in [1.165, 1.54) is 6.20 Å². The van der Waals surface area contributed by atoms with E-state index in [4.69, 9.17) is 4.74 Å². The van der Waals surface area contributed by atoms with Crippen molar-refractivity contribution in [2.45, 2.75) is 19.8 Å². The minimum absolute atomic E-state index is 0.113. The maximum absolute atomic E-state index is 11.8. The molecule has 6 nitrogen and oxygen atoms in total. The molecule has 1 heterocycles. The first kappa shape index (κ1) is 15.7. The summed E-state index contributed by atoms with van der Waals surface area (Å²) < 4.78 is 31.3. The van der Waals surface area contributed by atoms with Gasteiger partial charge in [0.05, 0.1) is 24.2 Å². The van der Waals surface area contributed by atoms with E-state index < -0.39 is 10.0 Å². The fourth-order valence-electron chi connectivity index (χ4n) is 1.50. The van der Waals surface area contributed by atoms with Crippen LogP contribution >= 0.6 is 0 Å². The predicted octanol–water partition coefficient (Wildman–Crippen LogP) is 1.22. The summed E-state index contributed by atoms with van der Waals surface area (Å²) in [4.78, 5) is 4.00. The number of unbranched alkanes of at least 4 members (excludes halogenated alkanes) is 1. The van der Waals surface area contributed by atoms with Gasteiger partial charge in [-0.1, -0.05) is 0 Å². The molecule has 0 aromatic carbocycles. The van der Waals surface area contributed by atoms with Crippen molar-refractivity contribution in [3.05, 3.63) is 18.3 Å². The Morgan fingerprint density at radius 1 is 1.32 bits per heavy atom. The first-order chi connectivity index (χ1) is 9.07. The van der Waals surface area contributed by atoms with Gasteiger partial charge in [0.1, 0.15) is 0 Å². The van der Waals surface area contributed by atoms with Crippen molar-refractivity contribution in [3.63, 3.8) is 0 Å². The highest BCUT2D eigenvalue weighted by Crippen LogP contribution is 2.13. The van der Waals surface area contributed by atoms with E-state index in [9.17, 15) is 8.42 Å². The number of pyridine rings is 1. The van der Waals surface area contributed by atoms with Crippen LogP contribution in [0.4, 0.5) is 5.69 Å². The van der Waals surface area contributed by atoms with Crippen molar-refractivity contribution in [2.24, 2.45) is 0 Å². The molecule has 0 fully saturated rings.